The lowest BCUT2D eigenvalue weighted by Gasteiger charge is -2.15. The van der Waals surface area contributed by atoms with Crippen LogP contribution in [0, 0.1) is 68.0 Å². The van der Waals surface area contributed by atoms with Gasteiger partial charge in [0.05, 0.1) is 34.9 Å². The van der Waals surface area contributed by atoms with E-state index < -0.39 is 46.5 Å². The molecule has 212 valence electrons. The highest BCUT2D eigenvalue weighted by Crippen LogP contribution is 2.57. The van der Waals surface area contributed by atoms with Crippen molar-refractivity contribution in [2.75, 3.05) is 0 Å². The van der Waals surface area contributed by atoms with Crippen molar-refractivity contribution >= 4 is 11.1 Å². The molecule has 0 radical (unpaired) electrons. The fourth-order valence-corrected chi connectivity index (χ4v) is 4.45. The van der Waals surface area contributed by atoms with Crippen molar-refractivity contribution in [3.8, 4) is 47.9 Å². The summed E-state index contributed by atoms with van der Waals surface area (Å²) in [4.78, 5) is 7.74. The number of rotatable bonds is 4. The molecule has 0 aliphatic heterocycles. The van der Waals surface area contributed by atoms with E-state index in [1.165, 1.54) is 0 Å². The summed E-state index contributed by atoms with van der Waals surface area (Å²) < 4.78 is 83.6. The molecule has 2 aliphatic rings. The first-order valence-electron chi connectivity index (χ1n) is 11.4. The van der Waals surface area contributed by atoms with Gasteiger partial charge in [-0.15, -0.1) is 26.3 Å². The summed E-state index contributed by atoms with van der Waals surface area (Å²) in [6, 6.07) is 13.7. The number of allylic oxidation sites excluding steroid dienone is 10. The van der Waals surface area contributed by atoms with Crippen molar-refractivity contribution in [3.05, 3.63) is 92.6 Å². The van der Waals surface area contributed by atoms with Crippen LogP contribution in [0.15, 0.2) is 81.2 Å². The summed E-state index contributed by atoms with van der Waals surface area (Å²) in [5, 5.41) is 59.6. The third-order valence-corrected chi connectivity index (χ3v) is 5.87. The van der Waals surface area contributed by atoms with Crippen molar-refractivity contribution in [1.29, 1.82) is 31.6 Å². The maximum absolute atomic E-state index is 12.7. The Morgan fingerprint density at radius 1 is 0.545 bits per heavy atom. The Kier molecular flexibility index (Phi) is 7.65. The molecule has 0 bridgehead atoms. The number of pyridine rings is 2. The topological polar surface area (TPSA) is 187 Å². The van der Waals surface area contributed by atoms with Gasteiger partial charge < -0.3 is 9.47 Å². The number of hydrogen-bond acceptors (Lipinski definition) is 10. The van der Waals surface area contributed by atoms with Crippen LogP contribution in [0.2, 0.25) is 0 Å². The molecule has 16 heteroatoms. The Morgan fingerprint density at radius 2 is 0.886 bits per heavy atom. The number of ether oxygens (including phenoxy) is 2. The second kappa shape index (κ2) is 11.2. The van der Waals surface area contributed by atoms with Crippen LogP contribution in [0.5, 0.6) is 11.5 Å². The van der Waals surface area contributed by atoms with Gasteiger partial charge in [-0.3, -0.25) is 9.97 Å². The number of aromatic nitrogens is 2. The van der Waals surface area contributed by atoms with E-state index >= 15 is 0 Å². The fraction of sp³-hybridized carbons (Fsp3) is 0.0714. The third kappa shape index (κ3) is 5.39. The van der Waals surface area contributed by atoms with Gasteiger partial charge >= 0.3 is 12.7 Å². The van der Waals surface area contributed by atoms with Crippen molar-refractivity contribution in [2.24, 2.45) is 0 Å². The van der Waals surface area contributed by atoms with Crippen LogP contribution in [-0.2, 0) is 0 Å². The van der Waals surface area contributed by atoms with Crippen LogP contribution < -0.4 is 9.47 Å². The normalized spacial score (nSPS) is 14.1. The lowest BCUT2D eigenvalue weighted by molar-refractivity contribution is -0.275. The minimum Gasteiger partial charge on any atom is -0.404 e. The number of halogens is 6. The maximum Gasteiger partial charge on any atom is 0.573 e. The molecule has 0 saturated carbocycles. The average Bonchev–Trinajstić information content (AvgIpc) is 3.46. The van der Waals surface area contributed by atoms with E-state index in [9.17, 15) is 57.9 Å². The summed E-state index contributed by atoms with van der Waals surface area (Å²) >= 11 is 0. The molecule has 0 saturated heterocycles. The van der Waals surface area contributed by atoms with Gasteiger partial charge in [0.25, 0.3) is 0 Å². The standard InChI is InChI=1S/C28H6F6N8O2/c29-27(30,31)43-15-1-3-19(41-11-15)23-17(9-39)25-22(14(7-37)8-38)24(18(10-40)26(25)21(23)13(5-35)6-36)20-4-2-16(12-42-20)44-28(32,33)34/h1-4,11-12H. The van der Waals surface area contributed by atoms with Crippen LogP contribution in [0.3, 0.4) is 0 Å². The van der Waals surface area contributed by atoms with Gasteiger partial charge in [0.2, 0.25) is 0 Å². The van der Waals surface area contributed by atoms with Crippen molar-refractivity contribution < 1.29 is 35.8 Å². The highest BCUT2D eigenvalue weighted by atomic mass is 19.4. The summed E-state index contributed by atoms with van der Waals surface area (Å²) in [7, 11) is 0. The van der Waals surface area contributed by atoms with E-state index in [0.29, 0.717) is 12.4 Å². The van der Waals surface area contributed by atoms with E-state index in [1.54, 1.807) is 24.3 Å². The zero-order chi connectivity index (χ0) is 32.4. The molecule has 0 fully saturated rings. The zero-order valence-corrected chi connectivity index (χ0v) is 21.1. The van der Waals surface area contributed by atoms with Crippen molar-refractivity contribution in [2.45, 2.75) is 12.7 Å². The smallest absolute Gasteiger partial charge is 0.404 e. The van der Waals surface area contributed by atoms with Gasteiger partial charge in [-0.2, -0.15) is 31.6 Å². The molecule has 0 unspecified atom stereocenters. The van der Waals surface area contributed by atoms with Crippen molar-refractivity contribution in [3.63, 3.8) is 0 Å². The molecule has 2 aromatic rings. The Bertz CT molecular complexity index is 1840. The Labute approximate surface area is 242 Å². The molecule has 4 rings (SSSR count). The SMILES string of the molecule is N#CC(C#N)=C1C2=C(C(C#N)=C1c1ccc(OC(F)(F)F)cn1)C(=C(C#N)C#N)C(c1ccc(OC(F)(F)F)cn1)=C2C#N. The van der Waals surface area contributed by atoms with Gasteiger partial charge in [0, 0.05) is 33.4 Å². The quantitative estimate of drug-likeness (QED) is 0.318. The lowest BCUT2D eigenvalue weighted by atomic mass is 9.87. The number of hydrogen-bond donors (Lipinski definition) is 0. The van der Waals surface area contributed by atoms with Gasteiger partial charge in [-0.05, 0) is 24.3 Å². The molecule has 2 heterocycles. The first-order chi connectivity index (χ1) is 20.8. The largest absolute Gasteiger partial charge is 0.573 e. The van der Waals surface area contributed by atoms with E-state index in [1.807, 2.05) is 12.1 Å². The van der Waals surface area contributed by atoms with E-state index in [-0.39, 0.29) is 44.8 Å². The predicted molar refractivity (Wildman–Crippen MR) is 130 cm³/mol. The fourth-order valence-electron chi connectivity index (χ4n) is 4.45. The Balaban J connectivity index is 2.05. The second-order valence-corrected chi connectivity index (χ2v) is 8.27. The molecular weight excluding hydrogens is 594 g/mol. The van der Waals surface area contributed by atoms with E-state index in [2.05, 4.69) is 19.4 Å². The first kappa shape index (κ1) is 30.1. The predicted octanol–water partition coefficient (Wildman–Crippen LogP) is 5.54. The van der Waals surface area contributed by atoms with Crippen LogP contribution in [0.1, 0.15) is 11.4 Å². The third-order valence-electron chi connectivity index (χ3n) is 5.87. The summed E-state index contributed by atoms with van der Waals surface area (Å²) in [5.41, 5.74) is -4.55. The van der Waals surface area contributed by atoms with Gasteiger partial charge in [0.15, 0.2) is 0 Å². The monoisotopic (exact) mass is 600 g/mol. The molecular formula is C28H6F6N8O2. The molecule has 0 atom stereocenters. The molecule has 2 aromatic heterocycles. The maximum atomic E-state index is 12.7. The molecule has 0 aromatic carbocycles. The molecule has 2 aliphatic carbocycles. The summed E-state index contributed by atoms with van der Waals surface area (Å²) in [5.74, 6) is -1.49. The van der Waals surface area contributed by atoms with Gasteiger partial charge in [-0.25, -0.2) is 0 Å². The molecule has 44 heavy (non-hydrogen) atoms. The van der Waals surface area contributed by atoms with Crippen LogP contribution in [-0.4, -0.2) is 22.7 Å². The minimum atomic E-state index is -5.06. The second-order valence-electron chi connectivity index (χ2n) is 8.27. The Hall–Kier alpha value is -6.88. The van der Waals surface area contributed by atoms with Crippen LogP contribution in [0.4, 0.5) is 26.3 Å². The van der Waals surface area contributed by atoms with Crippen LogP contribution >= 0.6 is 0 Å². The summed E-state index contributed by atoms with van der Waals surface area (Å²) in [6.07, 6.45) is -8.82. The zero-order valence-electron chi connectivity index (χ0n) is 21.1. The molecule has 10 nitrogen and oxygen atoms in total. The first-order valence-corrected chi connectivity index (χ1v) is 11.4. The molecule has 0 spiro atoms. The average molecular weight is 600 g/mol. The van der Waals surface area contributed by atoms with Gasteiger partial charge in [-0.1, -0.05) is 0 Å². The Morgan fingerprint density at radius 3 is 1.11 bits per heavy atom. The summed E-state index contributed by atoms with van der Waals surface area (Å²) in [6.45, 7) is 0. The minimum absolute atomic E-state index is 0.246. The number of nitriles is 6. The highest BCUT2D eigenvalue weighted by molar-refractivity contribution is 6.10. The van der Waals surface area contributed by atoms with E-state index in [0.717, 1.165) is 24.3 Å². The number of alkyl halides is 6. The van der Waals surface area contributed by atoms with Gasteiger partial charge in [0.1, 0.15) is 59.1 Å². The molecule has 0 N–H and O–H groups in total. The van der Waals surface area contributed by atoms with E-state index in [4.69, 9.17) is 0 Å². The highest BCUT2D eigenvalue weighted by Gasteiger charge is 2.45. The van der Waals surface area contributed by atoms with Crippen molar-refractivity contribution in [1.82, 2.24) is 9.97 Å². The number of nitrogens with zero attached hydrogens (tertiary/aromatic N) is 8. The lowest BCUT2D eigenvalue weighted by Crippen LogP contribution is -2.17. The molecule has 0 amide bonds. The van der Waals surface area contributed by atoms with Crippen LogP contribution in [0.25, 0.3) is 11.1 Å².